The maximum Gasteiger partial charge on any atom is 0.215 e. The van der Waals surface area contributed by atoms with Gasteiger partial charge in [-0.25, -0.2) is 12.7 Å². The Labute approximate surface area is 86.9 Å². The Morgan fingerprint density at radius 1 is 1.14 bits per heavy atom. The van der Waals surface area contributed by atoms with Crippen molar-refractivity contribution in [3.8, 4) is 0 Å². The van der Waals surface area contributed by atoms with Crippen LogP contribution in [0.15, 0.2) is 0 Å². The van der Waals surface area contributed by atoms with Gasteiger partial charge in [-0.3, -0.25) is 0 Å². The van der Waals surface area contributed by atoms with Gasteiger partial charge in [-0.1, -0.05) is 6.42 Å². The zero-order chi connectivity index (χ0) is 10.6. The highest BCUT2D eigenvalue weighted by molar-refractivity contribution is 7.89. The van der Waals surface area contributed by atoms with Crippen molar-refractivity contribution >= 4 is 10.0 Å². The summed E-state index contributed by atoms with van der Waals surface area (Å²) in [5.41, 5.74) is 0. The minimum absolute atomic E-state index is 0.250. The lowest BCUT2D eigenvalue weighted by Gasteiger charge is -2.26. The van der Waals surface area contributed by atoms with Gasteiger partial charge >= 0.3 is 0 Å². The molecule has 0 amide bonds. The van der Waals surface area contributed by atoms with E-state index in [1.165, 1.54) is 6.42 Å². The van der Waals surface area contributed by atoms with Crippen LogP contribution in [-0.4, -0.2) is 57.1 Å². The molecule has 0 atom stereocenters. The van der Waals surface area contributed by atoms with E-state index in [0.717, 1.165) is 25.9 Å². The summed E-state index contributed by atoms with van der Waals surface area (Å²) in [5.74, 6) is 0.250. The molecule has 0 radical (unpaired) electrons. The molecule has 1 heterocycles. The first kappa shape index (κ1) is 11.9. The number of rotatable bonds is 4. The fourth-order valence-corrected chi connectivity index (χ4v) is 3.24. The van der Waals surface area contributed by atoms with Gasteiger partial charge in [0.1, 0.15) is 0 Å². The van der Waals surface area contributed by atoms with Crippen molar-refractivity contribution in [1.82, 2.24) is 9.21 Å². The first-order valence-corrected chi connectivity index (χ1v) is 6.76. The minimum atomic E-state index is -2.99. The zero-order valence-electron chi connectivity index (χ0n) is 9.07. The van der Waals surface area contributed by atoms with Gasteiger partial charge in [0.25, 0.3) is 0 Å². The van der Waals surface area contributed by atoms with E-state index in [2.05, 4.69) is 0 Å². The second-order valence-electron chi connectivity index (χ2n) is 4.08. The molecule has 0 spiro atoms. The zero-order valence-corrected chi connectivity index (χ0v) is 9.89. The van der Waals surface area contributed by atoms with Crippen molar-refractivity contribution in [3.63, 3.8) is 0 Å². The lowest BCUT2D eigenvalue weighted by atomic mass is 10.2. The molecule has 4 nitrogen and oxygen atoms in total. The summed E-state index contributed by atoms with van der Waals surface area (Å²) in [6, 6.07) is 0. The molecule has 0 aromatic carbocycles. The molecule has 14 heavy (non-hydrogen) atoms. The number of hydrogen-bond acceptors (Lipinski definition) is 3. The monoisotopic (exact) mass is 220 g/mol. The molecule has 1 saturated heterocycles. The number of piperidine rings is 1. The predicted molar refractivity (Wildman–Crippen MR) is 57.8 cm³/mol. The van der Waals surface area contributed by atoms with Gasteiger partial charge in [-0.05, 0) is 26.9 Å². The third-order valence-electron chi connectivity index (χ3n) is 2.50. The SMILES string of the molecule is CN(C)CCS(=O)(=O)N1CCCCC1. The van der Waals surface area contributed by atoms with Crippen molar-refractivity contribution in [3.05, 3.63) is 0 Å². The van der Waals surface area contributed by atoms with E-state index in [1.807, 2.05) is 19.0 Å². The number of nitrogens with zero attached hydrogens (tertiary/aromatic N) is 2. The van der Waals surface area contributed by atoms with Crippen LogP contribution in [0.3, 0.4) is 0 Å². The summed E-state index contributed by atoms with van der Waals surface area (Å²) in [4.78, 5) is 1.90. The molecule has 0 saturated carbocycles. The van der Waals surface area contributed by atoms with E-state index in [4.69, 9.17) is 0 Å². The van der Waals surface area contributed by atoms with Crippen LogP contribution in [0.2, 0.25) is 0 Å². The summed E-state index contributed by atoms with van der Waals surface area (Å²) >= 11 is 0. The van der Waals surface area contributed by atoms with E-state index in [0.29, 0.717) is 6.54 Å². The first-order chi connectivity index (χ1) is 6.52. The Hall–Kier alpha value is -0.130. The van der Waals surface area contributed by atoms with E-state index in [-0.39, 0.29) is 5.75 Å². The van der Waals surface area contributed by atoms with Crippen LogP contribution >= 0.6 is 0 Å². The van der Waals surface area contributed by atoms with Crippen LogP contribution in [0.1, 0.15) is 19.3 Å². The predicted octanol–water partition coefficient (Wildman–Crippen LogP) is 0.364. The van der Waals surface area contributed by atoms with Crippen molar-refractivity contribution in [2.24, 2.45) is 0 Å². The Balaban J connectivity index is 2.46. The highest BCUT2D eigenvalue weighted by atomic mass is 32.2. The van der Waals surface area contributed by atoms with Gasteiger partial charge in [0, 0.05) is 19.6 Å². The highest BCUT2D eigenvalue weighted by Gasteiger charge is 2.23. The Kier molecular flexibility index (Phi) is 4.34. The van der Waals surface area contributed by atoms with Gasteiger partial charge in [-0.15, -0.1) is 0 Å². The minimum Gasteiger partial charge on any atom is -0.308 e. The number of sulfonamides is 1. The molecule has 5 heteroatoms. The summed E-state index contributed by atoms with van der Waals surface area (Å²) in [5, 5.41) is 0. The maximum absolute atomic E-state index is 11.8. The lowest BCUT2D eigenvalue weighted by Crippen LogP contribution is -2.39. The van der Waals surface area contributed by atoms with Crippen LogP contribution in [0.25, 0.3) is 0 Å². The first-order valence-electron chi connectivity index (χ1n) is 5.15. The van der Waals surface area contributed by atoms with E-state index in [9.17, 15) is 8.42 Å². The quantitative estimate of drug-likeness (QED) is 0.687. The Morgan fingerprint density at radius 2 is 1.71 bits per heavy atom. The van der Waals surface area contributed by atoms with Crippen molar-refractivity contribution in [2.75, 3.05) is 39.5 Å². The molecule has 0 bridgehead atoms. The van der Waals surface area contributed by atoms with Gasteiger partial charge in [0.2, 0.25) is 10.0 Å². The fourth-order valence-electron chi connectivity index (χ4n) is 1.57. The van der Waals surface area contributed by atoms with Gasteiger partial charge in [0.05, 0.1) is 5.75 Å². The largest absolute Gasteiger partial charge is 0.308 e. The number of hydrogen-bond donors (Lipinski definition) is 0. The van der Waals surface area contributed by atoms with Crippen LogP contribution < -0.4 is 0 Å². The topological polar surface area (TPSA) is 40.6 Å². The van der Waals surface area contributed by atoms with Gasteiger partial charge < -0.3 is 4.90 Å². The van der Waals surface area contributed by atoms with Crippen LogP contribution in [0.4, 0.5) is 0 Å². The third kappa shape index (κ3) is 3.55. The van der Waals surface area contributed by atoms with Crippen molar-refractivity contribution in [1.29, 1.82) is 0 Å². The molecule has 0 aliphatic carbocycles. The van der Waals surface area contributed by atoms with Crippen molar-refractivity contribution in [2.45, 2.75) is 19.3 Å². The van der Waals surface area contributed by atoms with Crippen LogP contribution in [0, 0.1) is 0 Å². The Morgan fingerprint density at radius 3 is 2.21 bits per heavy atom. The summed E-state index contributed by atoms with van der Waals surface area (Å²) in [6.07, 6.45) is 3.20. The van der Waals surface area contributed by atoms with E-state index >= 15 is 0 Å². The molecule has 0 unspecified atom stereocenters. The van der Waals surface area contributed by atoms with Crippen LogP contribution in [0.5, 0.6) is 0 Å². The highest BCUT2D eigenvalue weighted by Crippen LogP contribution is 2.13. The molecule has 0 aromatic heterocycles. The van der Waals surface area contributed by atoms with Crippen LogP contribution in [-0.2, 0) is 10.0 Å². The van der Waals surface area contributed by atoms with Gasteiger partial charge in [-0.2, -0.15) is 0 Å². The average Bonchev–Trinajstić information content (AvgIpc) is 2.16. The maximum atomic E-state index is 11.8. The molecular weight excluding hydrogens is 200 g/mol. The standard InChI is InChI=1S/C9H20N2O2S/c1-10(2)8-9-14(12,13)11-6-4-3-5-7-11/h3-9H2,1-2H3. The smallest absolute Gasteiger partial charge is 0.215 e. The molecule has 0 aromatic rings. The van der Waals surface area contributed by atoms with Crippen molar-refractivity contribution < 1.29 is 8.42 Å². The molecule has 0 N–H and O–H groups in total. The summed E-state index contributed by atoms with van der Waals surface area (Å²) in [7, 11) is 0.802. The second kappa shape index (κ2) is 5.09. The normalized spacial score (nSPS) is 20.2. The molecule has 1 fully saturated rings. The molecular formula is C9H20N2O2S. The molecule has 1 aliphatic heterocycles. The lowest BCUT2D eigenvalue weighted by molar-refractivity contribution is 0.342. The third-order valence-corrected chi connectivity index (χ3v) is 4.36. The summed E-state index contributed by atoms with van der Waals surface area (Å²) < 4.78 is 25.2. The molecule has 1 aliphatic rings. The fraction of sp³-hybridized carbons (Fsp3) is 1.00. The van der Waals surface area contributed by atoms with Gasteiger partial charge in [0.15, 0.2) is 0 Å². The Bertz CT molecular complexity index is 256. The summed E-state index contributed by atoms with van der Waals surface area (Å²) in [6.45, 7) is 2.05. The molecule has 84 valence electrons. The molecule has 1 rings (SSSR count). The van der Waals surface area contributed by atoms with E-state index < -0.39 is 10.0 Å². The van der Waals surface area contributed by atoms with E-state index in [1.54, 1.807) is 4.31 Å². The second-order valence-corrected chi connectivity index (χ2v) is 6.17. The average molecular weight is 220 g/mol.